The quantitative estimate of drug-likeness (QED) is 0.612. The standard InChI is InChI=1S/C10H14FNOS/c1-3-13-10-5-4-8(6-9(10)11)12(2)7-14/h4-6,14H,3,7H2,1-2H3. The summed E-state index contributed by atoms with van der Waals surface area (Å²) in [5, 5.41) is 0. The van der Waals surface area contributed by atoms with Gasteiger partial charge in [-0.25, -0.2) is 4.39 Å². The van der Waals surface area contributed by atoms with Crippen molar-refractivity contribution in [2.75, 3.05) is 24.4 Å². The first-order valence-electron chi connectivity index (χ1n) is 4.43. The van der Waals surface area contributed by atoms with Crippen LogP contribution in [0.15, 0.2) is 18.2 Å². The number of hydrogen-bond donors (Lipinski definition) is 1. The van der Waals surface area contributed by atoms with Crippen LogP contribution in [-0.4, -0.2) is 19.5 Å². The second kappa shape index (κ2) is 5.10. The van der Waals surface area contributed by atoms with Gasteiger partial charge in [0.05, 0.1) is 12.5 Å². The summed E-state index contributed by atoms with van der Waals surface area (Å²) in [6.45, 7) is 2.30. The van der Waals surface area contributed by atoms with E-state index in [0.29, 0.717) is 18.2 Å². The van der Waals surface area contributed by atoms with Crippen molar-refractivity contribution < 1.29 is 9.13 Å². The first-order valence-corrected chi connectivity index (χ1v) is 5.06. The van der Waals surface area contributed by atoms with E-state index in [2.05, 4.69) is 12.6 Å². The summed E-state index contributed by atoms with van der Waals surface area (Å²) >= 11 is 4.10. The van der Waals surface area contributed by atoms with Crippen molar-refractivity contribution in [3.63, 3.8) is 0 Å². The number of rotatable bonds is 4. The fraction of sp³-hybridized carbons (Fsp3) is 0.400. The third-order valence-corrected chi connectivity index (χ3v) is 2.29. The van der Waals surface area contributed by atoms with Gasteiger partial charge < -0.3 is 9.64 Å². The van der Waals surface area contributed by atoms with Gasteiger partial charge in [0.2, 0.25) is 0 Å². The van der Waals surface area contributed by atoms with Gasteiger partial charge in [0, 0.05) is 18.8 Å². The second-order valence-electron chi connectivity index (χ2n) is 2.89. The normalized spacial score (nSPS) is 10.0. The average Bonchev–Trinajstić information content (AvgIpc) is 2.20. The van der Waals surface area contributed by atoms with Crippen molar-refractivity contribution in [1.29, 1.82) is 0 Å². The molecular formula is C10H14FNOS. The Balaban J connectivity index is 2.88. The molecule has 0 bridgehead atoms. The molecule has 14 heavy (non-hydrogen) atoms. The summed E-state index contributed by atoms with van der Waals surface area (Å²) in [5.74, 6) is 0.509. The molecule has 0 heterocycles. The third-order valence-electron chi connectivity index (χ3n) is 1.87. The number of thiol groups is 1. The van der Waals surface area contributed by atoms with Crippen molar-refractivity contribution in [3.8, 4) is 5.75 Å². The lowest BCUT2D eigenvalue weighted by molar-refractivity contribution is 0.321. The van der Waals surface area contributed by atoms with Crippen LogP contribution in [0.1, 0.15) is 6.92 Å². The van der Waals surface area contributed by atoms with E-state index < -0.39 is 0 Å². The average molecular weight is 215 g/mol. The van der Waals surface area contributed by atoms with Crippen LogP contribution in [0.25, 0.3) is 0 Å². The summed E-state index contributed by atoms with van der Waals surface area (Å²) in [7, 11) is 1.85. The number of halogens is 1. The number of anilines is 1. The topological polar surface area (TPSA) is 12.5 Å². The van der Waals surface area contributed by atoms with Crippen LogP contribution in [0.2, 0.25) is 0 Å². The molecule has 2 nitrogen and oxygen atoms in total. The molecule has 1 aromatic rings. The lowest BCUT2D eigenvalue weighted by Gasteiger charge is -2.16. The molecule has 0 fully saturated rings. The zero-order valence-electron chi connectivity index (χ0n) is 8.33. The number of nitrogens with zero attached hydrogens (tertiary/aromatic N) is 1. The SMILES string of the molecule is CCOc1ccc(N(C)CS)cc1F. The zero-order chi connectivity index (χ0) is 10.6. The molecule has 0 amide bonds. The van der Waals surface area contributed by atoms with Crippen LogP contribution in [0.3, 0.4) is 0 Å². The summed E-state index contributed by atoms with van der Waals surface area (Å²) < 4.78 is 18.4. The largest absolute Gasteiger partial charge is 0.491 e. The van der Waals surface area contributed by atoms with Gasteiger partial charge in [0.15, 0.2) is 11.6 Å². The maximum absolute atomic E-state index is 13.4. The molecule has 0 aliphatic heterocycles. The van der Waals surface area contributed by atoms with Crippen LogP contribution >= 0.6 is 12.6 Å². The number of hydrogen-bond acceptors (Lipinski definition) is 3. The lowest BCUT2D eigenvalue weighted by Crippen LogP contribution is -2.14. The van der Waals surface area contributed by atoms with Crippen LogP contribution in [-0.2, 0) is 0 Å². The molecule has 4 heteroatoms. The lowest BCUT2D eigenvalue weighted by atomic mass is 10.3. The fourth-order valence-corrected chi connectivity index (χ4v) is 1.24. The molecule has 0 atom stereocenters. The maximum atomic E-state index is 13.4. The summed E-state index contributed by atoms with van der Waals surface area (Å²) in [5.41, 5.74) is 0.793. The third kappa shape index (κ3) is 2.54. The van der Waals surface area contributed by atoms with Gasteiger partial charge in [0.1, 0.15) is 0 Å². The van der Waals surface area contributed by atoms with E-state index in [1.165, 1.54) is 6.07 Å². The highest BCUT2D eigenvalue weighted by atomic mass is 32.1. The molecule has 0 unspecified atom stereocenters. The minimum absolute atomic E-state index is 0.295. The smallest absolute Gasteiger partial charge is 0.167 e. The van der Waals surface area contributed by atoms with Crippen LogP contribution in [0.5, 0.6) is 5.75 Å². The summed E-state index contributed by atoms with van der Waals surface area (Å²) in [6.07, 6.45) is 0. The Morgan fingerprint density at radius 1 is 1.50 bits per heavy atom. The molecular weight excluding hydrogens is 201 g/mol. The molecule has 0 aromatic heterocycles. The minimum atomic E-state index is -0.335. The Morgan fingerprint density at radius 3 is 2.71 bits per heavy atom. The van der Waals surface area contributed by atoms with Gasteiger partial charge in [0.25, 0.3) is 0 Å². The first kappa shape index (κ1) is 11.2. The Bertz CT molecular complexity index is 306. The molecule has 0 aliphatic carbocycles. The number of ether oxygens (including phenoxy) is 1. The molecule has 78 valence electrons. The maximum Gasteiger partial charge on any atom is 0.167 e. The van der Waals surface area contributed by atoms with Gasteiger partial charge in [-0.3, -0.25) is 0 Å². The van der Waals surface area contributed by atoms with E-state index in [0.717, 1.165) is 5.69 Å². The highest BCUT2D eigenvalue weighted by molar-refractivity contribution is 7.80. The molecule has 0 N–H and O–H groups in total. The zero-order valence-corrected chi connectivity index (χ0v) is 9.22. The summed E-state index contributed by atoms with van der Waals surface area (Å²) in [6, 6.07) is 4.89. The van der Waals surface area contributed by atoms with Gasteiger partial charge >= 0.3 is 0 Å². The van der Waals surface area contributed by atoms with Crippen molar-refractivity contribution in [2.24, 2.45) is 0 Å². The fourth-order valence-electron chi connectivity index (χ4n) is 1.08. The van der Waals surface area contributed by atoms with Gasteiger partial charge in [-0.15, -0.1) is 0 Å². The van der Waals surface area contributed by atoms with E-state index in [1.807, 2.05) is 24.9 Å². The molecule has 0 spiro atoms. The molecule has 1 rings (SSSR count). The predicted molar refractivity (Wildman–Crippen MR) is 59.8 cm³/mol. The highest BCUT2D eigenvalue weighted by Gasteiger charge is 2.05. The Morgan fingerprint density at radius 2 is 2.21 bits per heavy atom. The van der Waals surface area contributed by atoms with Crippen molar-refractivity contribution in [1.82, 2.24) is 0 Å². The number of benzene rings is 1. The monoisotopic (exact) mass is 215 g/mol. The van der Waals surface area contributed by atoms with Crippen LogP contribution in [0, 0.1) is 5.82 Å². The van der Waals surface area contributed by atoms with E-state index in [1.54, 1.807) is 6.07 Å². The second-order valence-corrected chi connectivity index (χ2v) is 3.17. The van der Waals surface area contributed by atoms with Gasteiger partial charge in [-0.05, 0) is 19.1 Å². The van der Waals surface area contributed by atoms with E-state index in [4.69, 9.17) is 4.74 Å². The predicted octanol–water partition coefficient (Wildman–Crippen LogP) is 2.55. The Hall–Kier alpha value is -0.900. The molecule has 0 saturated heterocycles. The minimum Gasteiger partial charge on any atom is -0.491 e. The summed E-state index contributed by atoms with van der Waals surface area (Å²) in [4.78, 5) is 1.84. The highest BCUT2D eigenvalue weighted by Crippen LogP contribution is 2.23. The first-order chi connectivity index (χ1) is 6.69. The van der Waals surface area contributed by atoms with E-state index >= 15 is 0 Å². The van der Waals surface area contributed by atoms with Gasteiger partial charge in [-0.2, -0.15) is 12.6 Å². The molecule has 0 radical (unpaired) electrons. The molecule has 0 saturated carbocycles. The van der Waals surface area contributed by atoms with E-state index in [-0.39, 0.29) is 5.82 Å². The molecule has 0 aliphatic rings. The van der Waals surface area contributed by atoms with Crippen molar-refractivity contribution in [2.45, 2.75) is 6.92 Å². The van der Waals surface area contributed by atoms with Gasteiger partial charge in [-0.1, -0.05) is 0 Å². The van der Waals surface area contributed by atoms with Crippen LogP contribution in [0.4, 0.5) is 10.1 Å². The Labute approximate surface area is 89.1 Å². The Kier molecular flexibility index (Phi) is 4.07. The molecule has 1 aromatic carbocycles. The van der Waals surface area contributed by atoms with Crippen molar-refractivity contribution >= 4 is 18.3 Å². The van der Waals surface area contributed by atoms with Crippen LogP contribution < -0.4 is 9.64 Å². The van der Waals surface area contributed by atoms with E-state index in [9.17, 15) is 4.39 Å². The van der Waals surface area contributed by atoms with Crippen molar-refractivity contribution in [3.05, 3.63) is 24.0 Å².